The number of nitrogens with one attached hydrogen (secondary N) is 1. The second-order valence-electron chi connectivity index (χ2n) is 5.21. The number of ether oxygens (including phenoxy) is 2. The molecule has 1 atom stereocenters. The maximum atomic E-state index is 10.9. The molecule has 0 bridgehead atoms. The molecule has 7 heteroatoms. The SMILES string of the molecule is Cc1cc(NCC2COC(C)(C)O2)c(Br)cc1[N+](=O)[O-]. The highest BCUT2D eigenvalue weighted by Crippen LogP contribution is 2.31. The van der Waals surface area contributed by atoms with Crippen molar-refractivity contribution < 1.29 is 14.4 Å². The third-order valence-corrected chi connectivity index (χ3v) is 3.73. The zero-order chi connectivity index (χ0) is 14.9. The Morgan fingerprint density at radius 3 is 2.80 bits per heavy atom. The van der Waals surface area contributed by atoms with Crippen LogP contribution in [0, 0.1) is 17.0 Å². The molecule has 0 spiro atoms. The average Bonchev–Trinajstić information content (AvgIpc) is 2.69. The van der Waals surface area contributed by atoms with Gasteiger partial charge in [0.15, 0.2) is 5.79 Å². The summed E-state index contributed by atoms with van der Waals surface area (Å²) in [6.45, 7) is 6.58. The van der Waals surface area contributed by atoms with E-state index in [9.17, 15) is 10.1 Å². The molecule has 0 radical (unpaired) electrons. The molecule has 1 aromatic rings. The van der Waals surface area contributed by atoms with Crippen LogP contribution in [0.2, 0.25) is 0 Å². The minimum Gasteiger partial charge on any atom is -0.381 e. The monoisotopic (exact) mass is 344 g/mol. The Morgan fingerprint density at radius 2 is 2.25 bits per heavy atom. The van der Waals surface area contributed by atoms with Crippen LogP contribution in [0.5, 0.6) is 0 Å². The summed E-state index contributed by atoms with van der Waals surface area (Å²) in [6, 6.07) is 3.26. The van der Waals surface area contributed by atoms with Crippen molar-refractivity contribution in [2.75, 3.05) is 18.5 Å². The Hall–Kier alpha value is -1.18. The van der Waals surface area contributed by atoms with Crippen LogP contribution < -0.4 is 5.32 Å². The van der Waals surface area contributed by atoms with E-state index >= 15 is 0 Å². The first-order valence-corrected chi connectivity index (χ1v) is 7.08. The van der Waals surface area contributed by atoms with Gasteiger partial charge in [-0.15, -0.1) is 0 Å². The predicted molar refractivity (Wildman–Crippen MR) is 78.9 cm³/mol. The van der Waals surface area contributed by atoms with Crippen LogP contribution in [0.4, 0.5) is 11.4 Å². The van der Waals surface area contributed by atoms with E-state index in [1.165, 1.54) is 6.07 Å². The van der Waals surface area contributed by atoms with E-state index in [-0.39, 0.29) is 16.7 Å². The van der Waals surface area contributed by atoms with E-state index in [0.29, 0.717) is 23.2 Å². The molecule has 1 aliphatic heterocycles. The Kier molecular flexibility index (Phi) is 4.31. The molecule has 1 aliphatic rings. The molecule has 2 rings (SSSR count). The van der Waals surface area contributed by atoms with Gasteiger partial charge in [-0.3, -0.25) is 10.1 Å². The molecule has 1 aromatic carbocycles. The summed E-state index contributed by atoms with van der Waals surface area (Å²) in [5.74, 6) is -0.547. The molecule has 0 aliphatic carbocycles. The predicted octanol–water partition coefficient (Wildman–Crippen LogP) is 3.23. The normalized spacial score (nSPS) is 20.9. The summed E-state index contributed by atoms with van der Waals surface area (Å²) >= 11 is 3.34. The van der Waals surface area contributed by atoms with Crippen molar-refractivity contribution in [2.24, 2.45) is 0 Å². The number of hydrogen-bond acceptors (Lipinski definition) is 5. The van der Waals surface area contributed by atoms with Gasteiger partial charge in [-0.2, -0.15) is 0 Å². The second-order valence-corrected chi connectivity index (χ2v) is 6.06. The van der Waals surface area contributed by atoms with Crippen LogP contribution >= 0.6 is 15.9 Å². The maximum Gasteiger partial charge on any atom is 0.273 e. The van der Waals surface area contributed by atoms with E-state index in [1.807, 2.05) is 13.8 Å². The number of rotatable bonds is 4. The molecule has 20 heavy (non-hydrogen) atoms. The number of hydrogen-bond donors (Lipinski definition) is 1. The van der Waals surface area contributed by atoms with Crippen molar-refractivity contribution in [3.63, 3.8) is 0 Å². The fraction of sp³-hybridized carbons (Fsp3) is 0.538. The lowest BCUT2D eigenvalue weighted by Crippen LogP contribution is -2.26. The summed E-state index contributed by atoms with van der Waals surface area (Å²) in [5, 5.41) is 14.1. The highest BCUT2D eigenvalue weighted by Gasteiger charge is 2.32. The summed E-state index contributed by atoms with van der Waals surface area (Å²) in [6.07, 6.45) is -0.0348. The number of nitro groups is 1. The lowest BCUT2D eigenvalue weighted by atomic mass is 10.2. The van der Waals surface area contributed by atoms with Crippen molar-refractivity contribution in [3.05, 3.63) is 32.3 Å². The number of nitrogens with zero attached hydrogens (tertiary/aromatic N) is 1. The van der Waals surface area contributed by atoms with Gasteiger partial charge in [0.2, 0.25) is 0 Å². The Morgan fingerprint density at radius 1 is 1.55 bits per heavy atom. The topological polar surface area (TPSA) is 73.6 Å². The molecule has 1 saturated heterocycles. The van der Waals surface area contributed by atoms with E-state index < -0.39 is 5.79 Å². The summed E-state index contributed by atoms with van der Waals surface area (Å²) < 4.78 is 11.8. The number of nitro benzene ring substituents is 1. The minimum atomic E-state index is -0.547. The number of aryl methyl sites for hydroxylation is 1. The third-order valence-electron chi connectivity index (χ3n) is 3.07. The largest absolute Gasteiger partial charge is 0.381 e. The highest BCUT2D eigenvalue weighted by molar-refractivity contribution is 9.10. The summed E-state index contributed by atoms with van der Waals surface area (Å²) in [4.78, 5) is 10.5. The van der Waals surface area contributed by atoms with Gasteiger partial charge in [0, 0.05) is 28.3 Å². The maximum absolute atomic E-state index is 10.9. The van der Waals surface area contributed by atoms with E-state index in [2.05, 4.69) is 21.2 Å². The fourth-order valence-corrected chi connectivity index (χ4v) is 2.56. The molecule has 0 aromatic heterocycles. The average molecular weight is 345 g/mol. The van der Waals surface area contributed by atoms with Gasteiger partial charge >= 0.3 is 0 Å². The Labute approximate surface area is 125 Å². The summed E-state index contributed by atoms with van der Waals surface area (Å²) in [7, 11) is 0. The quantitative estimate of drug-likeness (QED) is 0.670. The minimum absolute atomic E-state index is 0.0348. The second kappa shape index (κ2) is 5.67. The molecule has 0 saturated carbocycles. The van der Waals surface area contributed by atoms with Crippen molar-refractivity contribution in [3.8, 4) is 0 Å². The van der Waals surface area contributed by atoms with Crippen LogP contribution in [0.3, 0.4) is 0 Å². The fourth-order valence-electron chi connectivity index (χ4n) is 2.09. The molecule has 1 N–H and O–H groups in total. The van der Waals surface area contributed by atoms with Crippen molar-refractivity contribution >= 4 is 27.3 Å². The molecule has 1 fully saturated rings. The first-order valence-electron chi connectivity index (χ1n) is 6.29. The van der Waals surface area contributed by atoms with Crippen LogP contribution in [-0.2, 0) is 9.47 Å². The van der Waals surface area contributed by atoms with Gasteiger partial charge in [-0.05, 0) is 42.8 Å². The molecule has 110 valence electrons. The van der Waals surface area contributed by atoms with E-state index in [0.717, 1.165) is 5.69 Å². The van der Waals surface area contributed by atoms with Crippen molar-refractivity contribution in [2.45, 2.75) is 32.7 Å². The molecular weight excluding hydrogens is 328 g/mol. The van der Waals surface area contributed by atoms with E-state index in [4.69, 9.17) is 9.47 Å². The van der Waals surface area contributed by atoms with E-state index in [1.54, 1.807) is 13.0 Å². The zero-order valence-corrected chi connectivity index (χ0v) is 13.2. The van der Waals surface area contributed by atoms with Crippen molar-refractivity contribution in [1.29, 1.82) is 0 Å². The third kappa shape index (κ3) is 3.47. The van der Waals surface area contributed by atoms with Crippen LogP contribution in [0.15, 0.2) is 16.6 Å². The number of benzene rings is 1. The molecular formula is C13H17BrN2O4. The lowest BCUT2D eigenvalue weighted by Gasteiger charge is -2.18. The lowest BCUT2D eigenvalue weighted by molar-refractivity contribution is -0.385. The Bertz CT molecular complexity index is 533. The van der Waals surface area contributed by atoms with Crippen LogP contribution in [-0.4, -0.2) is 30.0 Å². The first-order chi connectivity index (χ1) is 9.28. The number of halogens is 1. The van der Waals surface area contributed by atoms with Gasteiger partial charge in [-0.25, -0.2) is 0 Å². The molecule has 6 nitrogen and oxygen atoms in total. The smallest absolute Gasteiger partial charge is 0.273 e. The van der Waals surface area contributed by atoms with Gasteiger partial charge in [-0.1, -0.05) is 0 Å². The zero-order valence-electron chi connectivity index (χ0n) is 11.6. The molecule has 1 unspecified atom stereocenters. The van der Waals surface area contributed by atoms with Gasteiger partial charge in [0.05, 0.1) is 11.5 Å². The van der Waals surface area contributed by atoms with Crippen molar-refractivity contribution in [1.82, 2.24) is 0 Å². The van der Waals surface area contributed by atoms with Crippen LogP contribution in [0.25, 0.3) is 0 Å². The van der Waals surface area contributed by atoms with Gasteiger partial charge in [0.25, 0.3) is 5.69 Å². The van der Waals surface area contributed by atoms with Gasteiger partial charge < -0.3 is 14.8 Å². The van der Waals surface area contributed by atoms with Crippen LogP contribution in [0.1, 0.15) is 19.4 Å². The molecule has 0 amide bonds. The molecule has 1 heterocycles. The van der Waals surface area contributed by atoms with Gasteiger partial charge in [0.1, 0.15) is 6.10 Å². The number of anilines is 1. The summed E-state index contributed by atoms with van der Waals surface area (Å²) in [5.41, 5.74) is 1.52. The standard InChI is InChI=1S/C13H17BrN2O4/c1-8-4-11(10(14)5-12(8)16(17)18)15-6-9-7-19-13(2,3)20-9/h4-5,9,15H,6-7H2,1-3H3. The first kappa shape index (κ1) is 15.2. The Balaban J connectivity index is 2.04. The highest BCUT2D eigenvalue weighted by atomic mass is 79.9.